The number of anilines is 1. The highest BCUT2D eigenvalue weighted by Crippen LogP contribution is 2.37. The Morgan fingerprint density at radius 3 is 2.68 bits per heavy atom. The zero-order valence-electron chi connectivity index (χ0n) is 14.5. The van der Waals surface area contributed by atoms with Gasteiger partial charge in [-0.15, -0.1) is 0 Å². The van der Waals surface area contributed by atoms with Crippen LogP contribution in [0.15, 0.2) is 35.5 Å². The van der Waals surface area contributed by atoms with Crippen LogP contribution in [0.5, 0.6) is 0 Å². The van der Waals surface area contributed by atoms with E-state index < -0.39 is 12.0 Å². The molecule has 2 aromatic rings. The summed E-state index contributed by atoms with van der Waals surface area (Å²) in [6, 6.07) is 5.58. The summed E-state index contributed by atoms with van der Waals surface area (Å²) >= 11 is 0. The Kier molecular flexibility index (Phi) is 4.83. The van der Waals surface area contributed by atoms with Gasteiger partial charge in [0, 0.05) is 5.70 Å². The molecule has 1 aromatic carbocycles. The number of aryl methyl sites for hydroxylation is 1. The summed E-state index contributed by atoms with van der Waals surface area (Å²) in [5, 5.41) is 7.64. The first-order chi connectivity index (χ1) is 12.0. The number of carbonyl (C=O) groups excluding carboxylic acids is 1. The van der Waals surface area contributed by atoms with Gasteiger partial charge >= 0.3 is 5.97 Å². The molecule has 7 heteroatoms. The summed E-state index contributed by atoms with van der Waals surface area (Å²) in [6.07, 6.45) is 1.53. The number of carbonyl (C=O) groups is 1. The van der Waals surface area contributed by atoms with Gasteiger partial charge in [-0.2, -0.15) is 10.1 Å². The van der Waals surface area contributed by atoms with Crippen LogP contribution in [0.2, 0.25) is 0 Å². The molecule has 132 valence electrons. The van der Waals surface area contributed by atoms with Crippen LogP contribution in [-0.4, -0.2) is 27.3 Å². The summed E-state index contributed by atoms with van der Waals surface area (Å²) in [5.74, 6) is 0.439. The normalized spacial score (nSPS) is 16.4. The van der Waals surface area contributed by atoms with Gasteiger partial charge in [-0.25, -0.2) is 13.9 Å². The van der Waals surface area contributed by atoms with Crippen molar-refractivity contribution in [3.63, 3.8) is 0 Å². The van der Waals surface area contributed by atoms with Gasteiger partial charge in [-0.05, 0) is 38.0 Å². The summed E-state index contributed by atoms with van der Waals surface area (Å²) in [6.45, 7) is 5.88. The number of halogens is 1. The van der Waals surface area contributed by atoms with E-state index in [-0.39, 0.29) is 12.4 Å². The topological polar surface area (TPSA) is 69.0 Å². The standard InChI is InChI=1S/C18H21FN4O2/c1-4-6-14-15(17(24)25-5-2)16(12-7-9-13(19)10-8-12)23-18(21-14)20-11(3)22-23/h7-10,16H,4-6H2,1-3H3,(H,20,21,22)/t16-/m0/s1. The lowest BCUT2D eigenvalue weighted by Crippen LogP contribution is -2.30. The maximum absolute atomic E-state index is 13.4. The van der Waals surface area contributed by atoms with Gasteiger partial charge < -0.3 is 10.1 Å². The Labute approximate surface area is 145 Å². The number of hydrogen-bond donors (Lipinski definition) is 1. The third-order valence-corrected chi connectivity index (χ3v) is 4.02. The van der Waals surface area contributed by atoms with Crippen molar-refractivity contribution in [2.45, 2.75) is 39.7 Å². The molecular formula is C18H21FN4O2. The predicted octanol–water partition coefficient (Wildman–Crippen LogP) is 3.36. The van der Waals surface area contributed by atoms with Crippen molar-refractivity contribution < 1.29 is 13.9 Å². The lowest BCUT2D eigenvalue weighted by molar-refractivity contribution is -0.139. The molecule has 0 radical (unpaired) electrons. The van der Waals surface area contributed by atoms with E-state index in [0.29, 0.717) is 23.8 Å². The van der Waals surface area contributed by atoms with Crippen LogP contribution >= 0.6 is 0 Å². The van der Waals surface area contributed by atoms with Crippen molar-refractivity contribution in [2.24, 2.45) is 0 Å². The number of nitrogens with one attached hydrogen (secondary N) is 1. The molecule has 3 rings (SSSR count). The maximum Gasteiger partial charge on any atom is 0.338 e. The minimum absolute atomic E-state index is 0.279. The van der Waals surface area contributed by atoms with Crippen LogP contribution in [0.1, 0.15) is 44.1 Å². The molecule has 0 saturated carbocycles. The van der Waals surface area contributed by atoms with E-state index in [2.05, 4.69) is 15.4 Å². The molecular weight excluding hydrogens is 323 g/mol. The number of esters is 1. The second-order valence-electron chi connectivity index (χ2n) is 5.87. The van der Waals surface area contributed by atoms with Gasteiger partial charge in [0.2, 0.25) is 5.95 Å². The Morgan fingerprint density at radius 2 is 2.04 bits per heavy atom. The van der Waals surface area contributed by atoms with Crippen LogP contribution in [0.25, 0.3) is 0 Å². The Hall–Kier alpha value is -2.70. The second kappa shape index (κ2) is 7.04. The average molecular weight is 344 g/mol. The molecule has 1 aromatic heterocycles. The van der Waals surface area contributed by atoms with Crippen LogP contribution in [0, 0.1) is 12.7 Å². The third kappa shape index (κ3) is 3.26. The van der Waals surface area contributed by atoms with Crippen molar-refractivity contribution >= 4 is 11.9 Å². The fourth-order valence-electron chi connectivity index (χ4n) is 3.03. The zero-order valence-corrected chi connectivity index (χ0v) is 14.5. The van der Waals surface area contributed by atoms with Crippen LogP contribution in [0.4, 0.5) is 10.3 Å². The summed E-state index contributed by atoms with van der Waals surface area (Å²) in [5.41, 5.74) is 2.02. The van der Waals surface area contributed by atoms with Gasteiger partial charge in [-0.1, -0.05) is 25.5 Å². The van der Waals surface area contributed by atoms with Gasteiger partial charge in [0.25, 0.3) is 0 Å². The number of benzene rings is 1. The Balaban J connectivity index is 2.18. The minimum atomic E-state index is -0.501. The third-order valence-electron chi connectivity index (χ3n) is 4.02. The number of ether oxygens (including phenoxy) is 1. The molecule has 2 heterocycles. The largest absolute Gasteiger partial charge is 0.463 e. The molecule has 0 amide bonds. The van der Waals surface area contributed by atoms with Gasteiger partial charge in [-0.3, -0.25) is 0 Å². The van der Waals surface area contributed by atoms with Gasteiger partial charge in [0.1, 0.15) is 17.7 Å². The molecule has 0 spiro atoms. The van der Waals surface area contributed by atoms with E-state index in [9.17, 15) is 9.18 Å². The fraction of sp³-hybridized carbons (Fsp3) is 0.389. The predicted molar refractivity (Wildman–Crippen MR) is 91.5 cm³/mol. The SMILES string of the molecule is CCCC1=C(C(=O)OCC)[C@H](c2ccc(F)cc2)n2nc(C)nc2N1. The van der Waals surface area contributed by atoms with Crippen LogP contribution in [-0.2, 0) is 9.53 Å². The van der Waals surface area contributed by atoms with Gasteiger partial charge in [0.15, 0.2) is 0 Å². The zero-order chi connectivity index (χ0) is 18.0. The molecule has 1 N–H and O–H groups in total. The monoisotopic (exact) mass is 344 g/mol. The van der Waals surface area contributed by atoms with Crippen molar-refractivity contribution in [1.82, 2.24) is 14.8 Å². The van der Waals surface area contributed by atoms with E-state index in [1.807, 2.05) is 6.92 Å². The highest BCUT2D eigenvalue weighted by atomic mass is 19.1. The number of aromatic nitrogens is 3. The van der Waals surface area contributed by atoms with Crippen molar-refractivity contribution in [3.05, 3.63) is 52.7 Å². The van der Waals surface area contributed by atoms with E-state index in [4.69, 9.17) is 4.74 Å². The van der Waals surface area contributed by atoms with Crippen molar-refractivity contribution in [3.8, 4) is 0 Å². The van der Waals surface area contributed by atoms with E-state index in [1.54, 1.807) is 30.7 Å². The highest BCUT2D eigenvalue weighted by Gasteiger charge is 2.35. The second-order valence-corrected chi connectivity index (χ2v) is 5.87. The first kappa shape index (κ1) is 17.1. The lowest BCUT2D eigenvalue weighted by atomic mass is 9.94. The van der Waals surface area contributed by atoms with Gasteiger partial charge in [0.05, 0.1) is 12.2 Å². The van der Waals surface area contributed by atoms with E-state index in [1.165, 1.54) is 12.1 Å². The van der Waals surface area contributed by atoms with E-state index >= 15 is 0 Å². The summed E-state index contributed by atoms with van der Waals surface area (Å²) in [4.78, 5) is 17.1. The molecule has 0 fully saturated rings. The Bertz CT molecular complexity index is 811. The molecule has 0 bridgehead atoms. The smallest absolute Gasteiger partial charge is 0.338 e. The molecule has 1 atom stereocenters. The highest BCUT2D eigenvalue weighted by molar-refractivity contribution is 5.92. The van der Waals surface area contributed by atoms with Crippen LogP contribution in [0.3, 0.4) is 0 Å². The van der Waals surface area contributed by atoms with Crippen LogP contribution < -0.4 is 5.32 Å². The van der Waals surface area contributed by atoms with Crippen molar-refractivity contribution in [2.75, 3.05) is 11.9 Å². The summed E-state index contributed by atoms with van der Waals surface area (Å²) < 4.78 is 20.3. The molecule has 25 heavy (non-hydrogen) atoms. The molecule has 0 unspecified atom stereocenters. The average Bonchev–Trinajstić information content (AvgIpc) is 2.95. The molecule has 1 aliphatic rings. The number of rotatable bonds is 5. The molecule has 6 nitrogen and oxygen atoms in total. The Morgan fingerprint density at radius 1 is 1.32 bits per heavy atom. The molecule has 1 aliphatic heterocycles. The molecule has 0 aliphatic carbocycles. The minimum Gasteiger partial charge on any atom is -0.463 e. The number of hydrogen-bond acceptors (Lipinski definition) is 5. The summed E-state index contributed by atoms with van der Waals surface area (Å²) in [7, 11) is 0. The lowest BCUT2D eigenvalue weighted by Gasteiger charge is -2.29. The quantitative estimate of drug-likeness (QED) is 0.842. The molecule has 0 saturated heterocycles. The van der Waals surface area contributed by atoms with Crippen molar-refractivity contribution in [1.29, 1.82) is 0 Å². The van der Waals surface area contributed by atoms with E-state index in [0.717, 1.165) is 17.7 Å². The maximum atomic E-state index is 13.4. The fourth-order valence-corrected chi connectivity index (χ4v) is 3.03. The number of allylic oxidation sites excluding steroid dienone is 1. The first-order valence-corrected chi connectivity index (χ1v) is 8.41. The number of nitrogens with zero attached hydrogens (tertiary/aromatic N) is 3. The number of fused-ring (bicyclic) bond motifs is 1. The first-order valence-electron chi connectivity index (χ1n) is 8.41.